The lowest BCUT2D eigenvalue weighted by atomic mass is 9.97. The Morgan fingerprint density at radius 2 is 1.96 bits per heavy atom. The van der Waals surface area contributed by atoms with E-state index in [1.807, 2.05) is 20.8 Å². The van der Waals surface area contributed by atoms with Crippen molar-refractivity contribution in [2.24, 2.45) is 11.8 Å². The van der Waals surface area contributed by atoms with E-state index in [1.165, 1.54) is 24.9 Å². The van der Waals surface area contributed by atoms with E-state index in [0.29, 0.717) is 11.3 Å². The van der Waals surface area contributed by atoms with Crippen LogP contribution < -0.4 is 5.32 Å². The molecule has 1 aromatic carbocycles. The molecule has 7 heteroatoms. The third-order valence-corrected chi connectivity index (χ3v) is 5.62. The maximum absolute atomic E-state index is 14.1. The first-order chi connectivity index (χ1) is 11.2. The van der Waals surface area contributed by atoms with Crippen LogP contribution in [-0.2, 0) is 14.3 Å². The Labute approximate surface area is 151 Å². The zero-order chi connectivity index (χ0) is 18.4. The van der Waals surface area contributed by atoms with Gasteiger partial charge in [-0.1, -0.05) is 39.3 Å². The minimum Gasteiger partial charge on any atom is -0.468 e. The van der Waals surface area contributed by atoms with Gasteiger partial charge >= 0.3 is 5.97 Å². The highest BCUT2D eigenvalue weighted by Gasteiger charge is 2.22. The molecule has 1 amide bonds. The summed E-state index contributed by atoms with van der Waals surface area (Å²) in [7, 11) is 1.32. The van der Waals surface area contributed by atoms with Crippen LogP contribution in [0.25, 0.3) is 0 Å². The molecule has 1 aromatic rings. The molecule has 0 saturated heterocycles. The molecule has 1 N–H and O–H groups in total. The number of anilines is 1. The molecule has 0 aliphatic rings. The Morgan fingerprint density at radius 3 is 2.46 bits per heavy atom. The molecule has 0 saturated carbocycles. The molecule has 4 nitrogen and oxygen atoms in total. The van der Waals surface area contributed by atoms with Crippen LogP contribution in [0.3, 0.4) is 0 Å². The summed E-state index contributed by atoms with van der Waals surface area (Å²) in [4.78, 5) is 24.4. The van der Waals surface area contributed by atoms with Crippen molar-refractivity contribution in [2.45, 2.75) is 44.3 Å². The van der Waals surface area contributed by atoms with Crippen LogP contribution in [0.4, 0.5) is 10.1 Å². The summed E-state index contributed by atoms with van der Waals surface area (Å²) in [5.41, 5.74) is 0.0547. The molecule has 0 bridgehead atoms. The number of hydrogen-bond acceptors (Lipinski definition) is 4. The highest BCUT2D eigenvalue weighted by molar-refractivity contribution is 8.00. The lowest BCUT2D eigenvalue weighted by Gasteiger charge is -2.17. The number of halogens is 2. The van der Waals surface area contributed by atoms with E-state index in [0.717, 1.165) is 6.07 Å². The highest BCUT2D eigenvalue weighted by Crippen LogP contribution is 2.36. The van der Waals surface area contributed by atoms with Crippen molar-refractivity contribution in [1.29, 1.82) is 0 Å². The Morgan fingerprint density at radius 1 is 1.33 bits per heavy atom. The van der Waals surface area contributed by atoms with E-state index in [-0.39, 0.29) is 34.4 Å². The van der Waals surface area contributed by atoms with Gasteiger partial charge in [-0.25, -0.2) is 4.39 Å². The average molecular weight is 376 g/mol. The number of thioether (sulfide) groups is 1. The SMILES string of the molecule is CCC(Sc1cc(NC(=O)C(C)C(C)C)c(F)cc1Cl)C(=O)OC. The number of amides is 1. The van der Waals surface area contributed by atoms with Gasteiger partial charge in [-0.15, -0.1) is 11.8 Å². The first-order valence-corrected chi connectivity index (χ1v) is 9.01. The maximum atomic E-state index is 14.1. The summed E-state index contributed by atoms with van der Waals surface area (Å²) in [6.45, 7) is 7.48. The zero-order valence-electron chi connectivity index (χ0n) is 14.5. The zero-order valence-corrected chi connectivity index (χ0v) is 16.1. The molecule has 0 aliphatic heterocycles. The van der Waals surface area contributed by atoms with Gasteiger partial charge in [-0.05, 0) is 24.5 Å². The largest absolute Gasteiger partial charge is 0.468 e. The molecule has 134 valence electrons. The number of carbonyl (C=O) groups is 2. The van der Waals surface area contributed by atoms with Gasteiger partial charge < -0.3 is 10.1 Å². The second-order valence-electron chi connectivity index (χ2n) is 5.82. The van der Waals surface area contributed by atoms with Crippen molar-refractivity contribution in [3.8, 4) is 0 Å². The van der Waals surface area contributed by atoms with Gasteiger partial charge in [-0.2, -0.15) is 0 Å². The molecule has 1 rings (SSSR count). The quantitative estimate of drug-likeness (QED) is 0.551. The average Bonchev–Trinajstić information content (AvgIpc) is 2.54. The Bertz CT molecular complexity index is 610. The summed E-state index contributed by atoms with van der Waals surface area (Å²) in [6, 6.07) is 2.60. The number of esters is 1. The summed E-state index contributed by atoms with van der Waals surface area (Å²) in [5, 5.41) is 2.33. The Balaban J connectivity index is 3.04. The van der Waals surface area contributed by atoms with Gasteiger partial charge in [0.2, 0.25) is 5.91 Å². The molecule has 2 atom stereocenters. The van der Waals surface area contributed by atoms with E-state index < -0.39 is 11.1 Å². The predicted octanol–water partition coefficient (Wildman–Crippen LogP) is 4.75. The molecule has 0 radical (unpaired) electrons. The fourth-order valence-electron chi connectivity index (χ4n) is 1.85. The van der Waals surface area contributed by atoms with Crippen LogP contribution in [0.5, 0.6) is 0 Å². The smallest absolute Gasteiger partial charge is 0.319 e. The van der Waals surface area contributed by atoms with E-state index in [2.05, 4.69) is 5.32 Å². The van der Waals surface area contributed by atoms with Gasteiger partial charge in [0, 0.05) is 10.8 Å². The fourth-order valence-corrected chi connectivity index (χ4v) is 3.15. The number of nitrogens with one attached hydrogen (secondary N) is 1. The predicted molar refractivity (Wildman–Crippen MR) is 96.0 cm³/mol. The molecule has 0 heterocycles. The van der Waals surface area contributed by atoms with Gasteiger partial charge in [0.05, 0.1) is 17.8 Å². The minimum absolute atomic E-state index is 0.0547. The van der Waals surface area contributed by atoms with Crippen molar-refractivity contribution in [2.75, 3.05) is 12.4 Å². The van der Waals surface area contributed by atoms with Crippen LogP contribution in [0.15, 0.2) is 17.0 Å². The first-order valence-electron chi connectivity index (χ1n) is 7.75. The summed E-state index contributed by atoms with van der Waals surface area (Å²) < 4.78 is 18.8. The first kappa shape index (κ1) is 20.8. The number of carbonyl (C=O) groups excluding carboxylic acids is 2. The van der Waals surface area contributed by atoms with Crippen molar-refractivity contribution in [3.05, 3.63) is 23.0 Å². The van der Waals surface area contributed by atoms with Gasteiger partial charge in [0.1, 0.15) is 11.1 Å². The lowest BCUT2D eigenvalue weighted by Crippen LogP contribution is -2.24. The molecule has 0 aliphatic carbocycles. The topological polar surface area (TPSA) is 55.4 Å². The van der Waals surface area contributed by atoms with Crippen molar-refractivity contribution < 1.29 is 18.7 Å². The lowest BCUT2D eigenvalue weighted by molar-refractivity contribution is -0.140. The molecular weight excluding hydrogens is 353 g/mol. The van der Waals surface area contributed by atoms with Crippen molar-refractivity contribution >= 4 is 40.9 Å². The number of benzene rings is 1. The van der Waals surface area contributed by atoms with Crippen LogP contribution in [-0.4, -0.2) is 24.2 Å². The second-order valence-corrected chi connectivity index (χ2v) is 7.47. The van der Waals surface area contributed by atoms with Crippen molar-refractivity contribution in [1.82, 2.24) is 0 Å². The van der Waals surface area contributed by atoms with E-state index in [9.17, 15) is 14.0 Å². The normalized spacial score (nSPS) is 13.5. The fraction of sp³-hybridized carbons (Fsp3) is 0.529. The van der Waals surface area contributed by atoms with E-state index in [1.54, 1.807) is 6.92 Å². The number of hydrogen-bond donors (Lipinski definition) is 1. The summed E-state index contributed by atoms with van der Waals surface area (Å²) >= 11 is 7.26. The van der Waals surface area contributed by atoms with Crippen LogP contribution in [0.1, 0.15) is 34.1 Å². The highest BCUT2D eigenvalue weighted by atomic mass is 35.5. The number of rotatable bonds is 7. The van der Waals surface area contributed by atoms with E-state index >= 15 is 0 Å². The molecule has 0 spiro atoms. The van der Waals surface area contributed by atoms with Gasteiger partial charge in [0.15, 0.2) is 0 Å². The Kier molecular flexibility index (Phi) is 8.03. The maximum Gasteiger partial charge on any atom is 0.319 e. The van der Waals surface area contributed by atoms with Gasteiger partial charge in [-0.3, -0.25) is 9.59 Å². The standard InChI is InChI=1S/C17H23ClFNO3S/c1-6-14(17(22)23-5)24-15-8-13(12(19)7-11(15)18)20-16(21)10(4)9(2)3/h7-10,14H,6H2,1-5H3,(H,20,21). The monoisotopic (exact) mass is 375 g/mol. The molecule has 2 unspecified atom stereocenters. The number of ether oxygens (including phenoxy) is 1. The van der Waals surface area contributed by atoms with Gasteiger partial charge in [0.25, 0.3) is 0 Å². The molecule has 24 heavy (non-hydrogen) atoms. The summed E-state index contributed by atoms with van der Waals surface area (Å²) in [6.07, 6.45) is 0.539. The molecule has 0 aromatic heterocycles. The van der Waals surface area contributed by atoms with Crippen LogP contribution >= 0.6 is 23.4 Å². The van der Waals surface area contributed by atoms with E-state index in [4.69, 9.17) is 16.3 Å². The molecule has 0 fully saturated rings. The molecular formula is C17H23ClFNO3S. The summed E-state index contributed by atoms with van der Waals surface area (Å²) in [5.74, 6) is -1.36. The Hall–Kier alpha value is -1.27. The van der Waals surface area contributed by atoms with Crippen molar-refractivity contribution in [3.63, 3.8) is 0 Å². The number of methoxy groups -OCH3 is 1. The van der Waals surface area contributed by atoms with Crippen LogP contribution in [0.2, 0.25) is 5.02 Å². The third kappa shape index (κ3) is 5.38. The third-order valence-electron chi connectivity index (χ3n) is 3.80. The minimum atomic E-state index is -0.611. The second kappa shape index (κ2) is 9.28. The van der Waals surface area contributed by atoms with Crippen LogP contribution in [0, 0.1) is 17.7 Å².